The highest BCUT2D eigenvalue weighted by Gasteiger charge is 2.19. The van der Waals surface area contributed by atoms with Crippen LogP contribution in [0.15, 0.2) is 48.5 Å². The number of para-hydroxylation sites is 1. The first-order chi connectivity index (χ1) is 11.6. The zero-order chi connectivity index (χ0) is 17.1. The maximum Gasteiger partial charge on any atom is 0.336 e. The average molecular weight is 354 g/mol. The van der Waals surface area contributed by atoms with Gasteiger partial charge in [0, 0.05) is 18.7 Å². The number of nitrogens with one attached hydrogen (secondary N) is 1. The SMILES string of the molecule is C#CC[n+]1c(C)sc2cc(N(S)C(=O)Nc3ccccc3)ccc21. The Morgan fingerprint density at radius 2 is 2.08 bits per heavy atom. The van der Waals surface area contributed by atoms with Crippen molar-refractivity contribution in [2.24, 2.45) is 0 Å². The third kappa shape index (κ3) is 3.23. The number of hydrogen-bond acceptors (Lipinski definition) is 3. The van der Waals surface area contributed by atoms with E-state index in [1.54, 1.807) is 11.3 Å². The van der Waals surface area contributed by atoms with E-state index in [0.29, 0.717) is 12.2 Å². The number of aryl methyl sites for hydroxylation is 1. The molecule has 0 aliphatic heterocycles. The number of thiazole rings is 1. The Morgan fingerprint density at radius 3 is 2.79 bits per heavy atom. The van der Waals surface area contributed by atoms with Crippen LogP contribution in [0.3, 0.4) is 0 Å². The lowest BCUT2D eigenvalue weighted by atomic mass is 10.3. The molecule has 24 heavy (non-hydrogen) atoms. The first-order valence-electron chi connectivity index (χ1n) is 7.31. The number of carbonyl (C=O) groups is 1. The number of thiol groups is 1. The predicted molar refractivity (Wildman–Crippen MR) is 103 cm³/mol. The first-order valence-corrected chi connectivity index (χ1v) is 8.53. The molecule has 3 rings (SSSR count). The van der Waals surface area contributed by atoms with Gasteiger partial charge in [-0.1, -0.05) is 42.4 Å². The normalized spacial score (nSPS) is 10.4. The fourth-order valence-electron chi connectivity index (χ4n) is 2.43. The Morgan fingerprint density at radius 1 is 1.33 bits per heavy atom. The Labute approximate surface area is 150 Å². The van der Waals surface area contributed by atoms with Crippen LogP contribution in [0.4, 0.5) is 16.2 Å². The van der Waals surface area contributed by atoms with Gasteiger partial charge in [0.15, 0.2) is 0 Å². The lowest BCUT2D eigenvalue weighted by molar-refractivity contribution is -0.660. The molecule has 0 bridgehead atoms. The van der Waals surface area contributed by atoms with Crippen LogP contribution in [0.25, 0.3) is 10.2 Å². The van der Waals surface area contributed by atoms with Crippen molar-refractivity contribution < 1.29 is 9.36 Å². The van der Waals surface area contributed by atoms with Gasteiger partial charge in [-0.2, -0.15) is 4.57 Å². The highest BCUT2D eigenvalue weighted by atomic mass is 32.1. The van der Waals surface area contributed by atoms with Gasteiger partial charge in [-0.05, 0) is 30.2 Å². The Kier molecular flexibility index (Phi) is 4.74. The van der Waals surface area contributed by atoms with Crippen molar-refractivity contribution in [1.29, 1.82) is 0 Å². The third-order valence-corrected chi connectivity index (χ3v) is 5.06. The number of anilines is 2. The summed E-state index contributed by atoms with van der Waals surface area (Å²) >= 11 is 5.97. The second-order valence-corrected chi connectivity index (χ2v) is 6.81. The largest absolute Gasteiger partial charge is 0.336 e. The highest BCUT2D eigenvalue weighted by Crippen LogP contribution is 2.27. The van der Waals surface area contributed by atoms with Crippen molar-refractivity contribution in [3.63, 3.8) is 0 Å². The second kappa shape index (κ2) is 6.95. The number of fused-ring (bicyclic) bond motifs is 1. The minimum absolute atomic E-state index is 0.311. The molecule has 3 aromatic rings. The fourth-order valence-corrected chi connectivity index (χ4v) is 3.65. The van der Waals surface area contributed by atoms with Crippen LogP contribution in [-0.4, -0.2) is 6.03 Å². The first kappa shape index (κ1) is 16.4. The molecule has 2 amide bonds. The number of benzene rings is 2. The molecule has 0 spiro atoms. The summed E-state index contributed by atoms with van der Waals surface area (Å²) in [4.78, 5) is 12.3. The highest BCUT2D eigenvalue weighted by molar-refractivity contribution is 7.82. The van der Waals surface area contributed by atoms with Gasteiger partial charge >= 0.3 is 6.03 Å². The van der Waals surface area contributed by atoms with Gasteiger partial charge in [0.05, 0.1) is 5.69 Å². The van der Waals surface area contributed by atoms with E-state index in [-0.39, 0.29) is 6.03 Å². The predicted octanol–water partition coefficient (Wildman–Crippen LogP) is 4.01. The third-order valence-electron chi connectivity index (χ3n) is 3.58. The Hall–Kier alpha value is -2.49. The number of rotatable bonds is 3. The molecule has 6 heteroatoms. The molecule has 4 nitrogen and oxygen atoms in total. The number of aromatic nitrogens is 1. The molecule has 1 heterocycles. The van der Waals surface area contributed by atoms with Crippen LogP contribution in [0.5, 0.6) is 0 Å². The quantitative estimate of drug-likeness (QED) is 0.416. The van der Waals surface area contributed by atoms with Gasteiger partial charge in [-0.25, -0.2) is 9.10 Å². The lowest BCUT2D eigenvalue weighted by Crippen LogP contribution is -2.34. The number of carbonyl (C=O) groups excluding carboxylic acids is 1. The maximum atomic E-state index is 12.3. The molecule has 1 aromatic heterocycles. The minimum Gasteiger partial charge on any atom is -0.307 e. The molecule has 0 unspecified atom stereocenters. The van der Waals surface area contributed by atoms with Crippen LogP contribution in [0, 0.1) is 19.3 Å². The summed E-state index contributed by atoms with van der Waals surface area (Å²) in [6.45, 7) is 2.56. The average Bonchev–Trinajstić information content (AvgIpc) is 2.90. The lowest BCUT2D eigenvalue weighted by Gasteiger charge is -2.16. The molecule has 2 aromatic carbocycles. The second-order valence-electron chi connectivity index (χ2n) is 5.17. The molecule has 0 aliphatic carbocycles. The topological polar surface area (TPSA) is 36.2 Å². The molecular weight excluding hydrogens is 338 g/mol. The van der Waals surface area contributed by atoms with E-state index in [4.69, 9.17) is 6.42 Å². The minimum atomic E-state index is -0.311. The van der Waals surface area contributed by atoms with E-state index in [1.165, 1.54) is 4.31 Å². The molecule has 0 saturated heterocycles. The van der Waals surface area contributed by atoms with E-state index in [9.17, 15) is 4.79 Å². The zero-order valence-corrected chi connectivity index (χ0v) is 14.8. The smallest absolute Gasteiger partial charge is 0.307 e. The number of hydrogen-bond donors (Lipinski definition) is 2. The summed E-state index contributed by atoms with van der Waals surface area (Å²) in [6, 6.07) is 14.7. The summed E-state index contributed by atoms with van der Waals surface area (Å²) in [7, 11) is 0. The zero-order valence-electron chi connectivity index (χ0n) is 13.1. The van der Waals surface area contributed by atoms with Gasteiger partial charge in [0.25, 0.3) is 0 Å². The molecule has 0 aliphatic rings. The Bertz CT molecular complexity index is 929. The van der Waals surface area contributed by atoms with Crippen LogP contribution in [0.1, 0.15) is 5.01 Å². The van der Waals surface area contributed by atoms with Gasteiger partial charge in [-0.15, -0.1) is 6.42 Å². The number of terminal acetylenes is 1. The monoisotopic (exact) mass is 354 g/mol. The number of urea groups is 1. The van der Waals surface area contributed by atoms with E-state index in [0.717, 1.165) is 20.9 Å². The molecule has 120 valence electrons. The summed E-state index contributed by atoms with van der Waals surface area (Å²) in [6.07, 6.45) is 5.43. The summed E-state index contributed by atoms with van der Waals surface area (Å²) in [5.74, 6) is 2.67. The van der Waals surface area contributed by atoms with Crippen LogP contribution in [0.2, 0.25) is 0 Å². The van der Waals surface area contributed by atoms with Gasteiger partial charge in [-0.3, -0.25) is 0 Å². The molecule has 0 fully saturated rings. The van der Waals surface area contributed by atoms with Crippen LogP contribution < -0.4 is 14.2 Å². The van der Waals surface area contributed by atoms with Crippen molar-refractivity contribution in [3.8, 4) is 12.3 Å². The van der Waals surface area contributed by atoms with E-state index in [1.807, 2.05) is 55.5 Å². The molecule has 0 saturated carbocycles. The van der Waals surface area contributed by atoms with Crippen molar-refractivity contribution in [2.45, 2.75) is 13.5 Å². The van der Waals surface area contributed by atoms with Crippen molar-refractivity contribution in [2.75, 3.05) is 9.62 Å². The van der Waals surface area contributed by atoms with Gasteiger partial charge in [0.2, 0.25) is 17.1 Å². The van der Waals surface area contributed by atoms with Crippen molar-refractivity contribution in [1.82, 2.24) is 0 Å². The van der Waals surface area contributed by atoms with E-state index >= 15 is 0 Å². The molecular formula is C18H16N3OS2+. The van der Waals surface area contributed by atoms with Gasteiger partial charge < -0.3 is 5.32 Å². The number of nitrogens with zero attached hydrogens (tertiary/aromatic N) is 2. The molecule has 1 N–H and O–H groups in total. The van der Waals surface area contributed by atoms with Crippen molar-refractivity contribution >= 4 is 51.8 Å². The van der Waals surface area contributed by atoms with Crippen molar-refractivity contribution in [3.05, 3.63) is 53.5 Å². The standard InChI is InChI=1S/C18H15N3OS2/c1-3-11-20-13(2)24-17-12-15(9-10-16(17)20)21(23)18(22)19-14-7-5-4-6-8-14/h1,4-10,12,23H,11H2,2H3/p+1. The van der Waals surface area contributed by atoms with Gasteiger partial charge in [0.1, 0.15) is 4.70 Å². The van der Waals surface area contributed by atoms with Crippen LogP contribution in [-0.2, 0) is 6.54 Å². The van der Waals surface area contributed by atoms with Crippen LogP contribution >= 0.6 is 24.2 Å². The summed E-state index contributed by atoms with van der Waals surface area (Å²) in [5, 5.41) is 3.93. The molecule has 0 atom stereocenters. The number of amides is 2. The summed E-state index contributed by atoms with van der Waals surface area (Å²) < 4.78 is 4.44. The Balaban J connectivity index is 1.86. The molecule has 0 radical (unpaired) electrons. The maximum absolute atomic E-state index is 12.3. The van der Waals surface area contributed by atoms with E-state index in [2.05, 4.69) is 28.6 Å². The fraction of sp³-hybridized carbons (Fsp3) is 0.111. The summed E-state index contributed by atoms with van der Waals surface area (Å²) in [5.41, 5.74) is 2.49. The van der Waals surface area contributed by atoms with E-state index < -0.39 is 0 Å².